The summed E-state index contributed by atoms with van der Waals surface area (Å²) in [5.41, 5.74) is 4.56. The summed E-state index contributed by atoms with van der Waals surface area (Å²) < 4.78 is 0. The van der Waals surface area contributed by atoms with Crippen molar-refractivity contribution in [1.29, 1.82) is 0 Å². The standard InChI is InChI=1S/C17H29N3/c1-8-10-20(13(4)9-2)16-11-12(3)14(5)17(19-16)15(6)18-7/h11,13H,8-10H2,1-7H3. The van der Waals surface area contributed by atoms with E-state index in [4.69, 9.17) is 4.98 Å². The van der Waals surface area contributed by atoms with Gasteiger partial charge < -0.3 is 4.90 Å². The first-order valence-corrected chi connectivity index (χ1v) is 7.64. The molecule has 20 heavy (non-hydrogen) atoms. The molecule has 1 rings (SSSR count). The van der Waals surface area contributed by atoms with Crippen molar-refractivity contribution in [3.05, 3.63) is 22.9 Å². The van der Waals surface area contributed by atoms with E-state index in [1.165, 1.54) is 11.1 Å². The molecule has 1 heterocycles. The van der Waals surface area contributed by atoms with Crippen LogP contribution in [0.15, 0.2) is 11.1 Å². The third-order valence-electron chi connectivity index (χ3n) is 4.08. The van der Waals surface area contributed by atoms with Gasteiger partial charge in [0.25, 0.3) is 0 Å². The molecule has 0 radical (unpaired) electrons. The lowest BCUT2D eigenvalue weighted by atomic mass is 10.1. The summed E-state index contributed by atoms with van der Waals surface area (Å²) in [6.45, 7) is 14.1. The third-order valence-corrected chi connectivity index (χ3v) is 4.08. The van der Waals surface area contributed by atoms with Gasteiger partial charge in [-0.25, -0.2) is 4.98 Å². The molecule has 112 valence electrons. The second kappa shape index (κ2) is 7.41. The van der Waals surface area contributed by atoms with E-state index in [1.807, 2.05) is 14.0 Å². The number of pyridine rings is 1. The average molecular weight is 275 g/mol. The second-order valence-electron chi connectivity index (χ2n) is 5.53. The lowest BCUT2D eigenvalue weighted by Gasteiger charge is -2.30. The first kappa shape index (κ1) is 16.7. The molecular formula is C17H29N3. The molecule has 0 spiro atoms. The Morgan fingerprint density at radius 2 is 2.00 bits per heavy atom. The van der Waals surface area contributed by atoms with Crippen molar-refractivity contribution in [3.63, 3.8) is 0 Å². The van der Waals surface area contributed by atoms with Crippen molar-refractivity contribution in [2.75, 3.05) is 18.5 Å². The van der Waals surface area contributed by atoms with Gasteiger partial charge in [-0.05, 0) is 57.7 Å². The van der Waals surface area contributed by atoms with Gasteiger partial charge >= 0.3 is 0 Å². The molecule has 3 heteroatoms. The first-order valence-electron chi connectivity index (χ1n) is 7.64. The maximum atomic E-state index is 4.89. The van der Waals surface area contributed by atoms with E-state index in [0.717, 1.165) is 36.6 Å². The van der Waals surface area contributed by atoms with Crippen LogP contribution in [0.25, 0.3) is 0 Å². The van der Waals surface area contributed by atoms with Gasteiger partial charge in [-0.2, -0.15) is 0 Å². The Bertz CT molecular complexity index is 477. The zero-order chi connectivity index (χ0) is 15.3. The van der Waals surface area contributed by atoms with Crippen LogP contribution in [0.2, 0.25) is 0 Å². The number of anilines is 1. The Morgan fingerprint density at radius 1 is 1.35 bits per heavy atom. The quantitative estimate of drug-likeness (QED) is 0.730. The Morgan fingerprint density at radius 3 is 2.50 bits per heavy atom. The minimum absolute atomic E-state index is 0.510. The predicted octanol–water partition coefficient (Wildman–Crippen LogP) is 4.15. The van der Waals surface area contributed by atoms with Gasteiger partial charge in [0.1, 0.15) is 5.82 Å². The normalized spacial score (nSPS) is 13.4. The Labute approximate surface area is 124 Å². The summed E-state index contributed by atoms with van der Waals surface area (Å²) >= 11 is 0. The molecule has 0 aromatic carbocycles. The molecule has 0 N–H and O–H groups in total. The highest BCUT2D eigenvalue weighted by Crippen LogP contribution is 2.22. The van der Waals surface area contributed by atoms with Crippen molar-refractivity contribution in [2.24, 2.45) is 4.99 Å². The summed E-state index contributed by atoms with van der Waals surface area (Å²) in [6, 6.07) is 2.72. The van der Waals surface area contributed by atoms with Crippen LogP contribution >= 0.6 is 0 Å². The average Bonchev–Trinajstić information content (AvgIpc) is 2.45. The van der Waals surface area contributed by atoms with E-state index in [9.17, 15) is 0 Å². The smallest absolute Gasteiger partial charge is 0.129 e. The van der Waals surface area contributed by atoms with Crippen molar-refractivity contribution >= 4 is 11.5 Å². The summed E-state index contributed by atoms with van der Waals surface area (Å²) in [5, 5.41) is 0. The van der Waals surface area contributed by atoms with Gasteiger partial charge in [-0.1, -0.05) is 13.8 Å². The minimum atomic E-state index is 0.510. The van der Waals surface area contributed by atoms with Crippen LogP contribution in [0, 0.1) is 13.8 Å². The minimum Gasteiger partial charge on any atom is -0.354 e. The highest BCUT2D eigenvalue weighted by atomic mass is 15.2. The fourth-order valence-corrected chi connectivity index (χ4v) is 2.35. The zero-order valence-electron chi connectivity index (χ0n) is 14.1. The van der Waals surface area contributed by atoms with Crippen molar-refractivity contribution < 1.29 is 0 Å². The van der Waals surface area contributed by atoms with Gasteiger partial charge in [0.05, 0.1) is 11.4 Å². The van der Waals surface area contributed by atoms with E-state index in [-0.39, 0.29) is 0 Å². The summed E-state index contributed by atoms with van der Waals surface area (Å²) in [7, 11) is 1.83. The zero-order valence-corrected chi connectivity index (χ0v) is 14.1. The molecule has 0 aliphatic rings. The van der Waals surface area contributed by atoms with Crippen LogP contribution in [0.5, 0.6) is 0 Å². The third kappa shape index (κ3) is 3.59. The monoisotopic (exact) mass is 275 g/mol. The van der Waals surface area contributed by atoms with Gasteiger partial charge in [0, 0.05) is 19.6 Å². The molecule has 0 aliphatic carbocycles. The Balaban J connectivity index is 3.33. The maximum absolute atomic E-state index is 4.89. The Hall–Kier alpha value is -1.38. The number of rotatable bonds is 6. The summed E-state index contributed by atoms with van der Waals surface area (Å²) in [4.78, 5) is 11.6. The number of hydrogen-bond donors (Lipinski definition) is 0. The highest BCUT2D eigenvalue weighted by Gasteiger charge is 2.17. The molecule has 1 aromatic rings. The van der Waals surface area contributed by atoms with Crippen molar-refractivity contribution in [1.82, 2.24) is 4.98 Å². The Kier molecular flexibility index (Phi) is 6.18. The predicted molar refractivity (Wildman–Crippen MR) is 89.2 cm³/mol. The highest BCUT2D eigenvalue weighted by molar-refractivity contribution is 5.98. The van der Waals surface area contributed by atoms with Gasteiger partial charge in [0.15, 0.2) is 0 Å². The van der Waals surface area contributed by atoms with E-state index < -0.39 is 0 Å². The van der Waals surface area contributed by atoms with E-state index in [1.54, 1.807) is 0 Å². The molecule has 0 saturated heterocycles. The summed E-state index contributed by atoms with van der Waals surface area (Å²) in [5.74, 6) is 1.09. The van der Waals surface area contributed by atoms with Crippen LogP contribution in [0.3, 0.4) is 0 Å². The molecular weight excluding hydrogens is 246 g/mol. The van der Waals surface area contributed by atoms with Crippen molar-refractivity contribution in [2.45, 2.75) is 60.4 Å². The molecule has 0 fully saturated rings. The molecule has 1 aromatic heterocycles. The molecule has 0 amide bonds. The van der Waals surface area contributed by atoms with Gasteiger partial charge in [-0.3, -0.25) is 4.99 Å². The number of nitrogens with zero attached hydrogens (tertiary/aromatic N) is 3. The largest absolute Gasteiger partial charge is 0.354 e. The van der Waals surface area contributed by atoms with Crippen LogP contribution in [0.1, 0.15) is 57.4 Å². The number of aryl methyl sites for hydroxylation is 1. The van der Waals surface area contributed by atoms with Crippen LogP contribution < -0.4 is 4.90 Å². The second-order valence-corrected chi connectivity index (χ2v) is 5.53. The van der Waals surface area contributed by atoms with Crippen molar-refractivity contribution in [3.8, 4) is 0 Å². The number of hydrogen-bond acceptors (Lipinski definition) is 3. The maximum Gasteiger partial charge on any atom is 0.129 e. The summed E-state index contributed by atoms with van der Waals surface area (Å²) in [6.07, 6.45) is 2.26. The molecule has 0 aliphatic heterocycles. The molecule has 3 nitrogen and oxygen atoms in total. The first-order chi connectivity index (χ1) is 9.46. The van der Waals surface area contributed by atoms with E-state index in [0.29, 0.717) is 6.04 Å². The van der Waals surface area contributed by atoms with E-state index in [2.05, 4.69) is 50.6 Å². The van der Waals surface area contributed by atoms with Crippen LogP contribution in [0.4, 0.5) is 5.82 Å². The SMILES string of the molecule is CCCN(c1cc(C)c(C)c(C(C)=NC)n1)C(C)CC. The number of aliphatic imine (C=N–C) groups is 1. The molecule has 1 atom stereocenters. The fraction of sp³-hybridized carbons (Fsp3) is 0.647. The van der Waals surface area contributed by atoms with Crippen LogP contribution in [-0.4, -0.2) is 30.3 Å². The number of aromatic nitrogens is 1. The van der Waals surface area contributed by atoms with Crippen LogP contribution in [-0.2, 0) is 0 Å². The molecule has 0 bridgehead atoms. The fourth-order valence-electron chi connectivity index (χ4n) is 2.35. The van der Waals surface area contributed by atoms with E-state index >= 15 is 0 Å². The van der Waals surface area contributed by atoms with Gasteiger partial charge in [-0.15, -0.1) is 0 Å². The topological polar surface area (TPSA) is 28.5 Å². The van der Waals surface area contributed by atoms with Gasteiger partial charge in [0.2, 0.25) is 0 Å². The molecule has 1 unspecified atom stereocenters. The lowest BCUT2D eigenvalue weighted by Crippen LogP contribution is -2.34. The molecule has 0 saturated carbocycles. The lowest BCUT2D eigenvalue weighted by molar-refractivity contribution is 0.603.